The summed E-state index contributed by atoms with van der Waals surface area (Å²) in [5.74, 6) is -3.82. The molecule has 5 heterocycles. The fourth-order valence-electron chi connectivity index (χ4n) is 6.93. The smallest absolute Gasteiger partial charge is 0.657 e. The molecule has 0 saturated carbocycles. The number of esters is 1. The van der Waals surface area contributed by atoms with E-state index in [0.29, 0.717) is 39.1 Å². The predicted octanol–water partition coefficient (Wildman–Crippen LogP) is 6.38. The molecule has 1 N–H and O–H groups in total. The van der Waals surface area contributed by atoms with E-state index in [4.69, 9.17) is 24.7 Å². The SMILES string of the molecule is C=Cc1c(C)c2cc3nc(c4c5[n-]c(cc6nc(cc1[n-]2)C(C)=C6CC)c(C)c5C(=O)[C@@H]4C(=O)OC)[C@@H](CCC(=O)O)[C@@H]3C.[Fe+2]. The van der Waals surface area contributed by atoms with Gasteiger partial charge in [-0.15, -0.1) is 22.1 Å². The molecule has 9 nitrogen and oxygen atoms in total. The molecule has 8 bridgehead atoms. The molecule has 0 radical (unpaired) electrons. The number of carboxylic acid groups (broad SMARTS) is 1. The number of methoxy groups -OCH3 is 1. The summed E-state index contributed by atoms with van der Waals surface area (Å²) in [6.45, 7) is 14.0. The van der Waals surface area contributed by atoms with Crippen LogP contribution in [0.2, 0.25) is 0 Å². The third kappa shape index (κ3) is 4.96. The van der Waals surface area contributed by atoms with Crippen LogP contribution in [0.3, 0.4) is 0 Å². The number of hydrogen-bond donors (Lipinski definition) is 1. The summed E-state index contributed by atoms with van der Waals surface area (Å²) in [4.78, 5) is 58.8. The van der Waals surface area contributed by atoms with Gasteiger partial charge in [-0.2, -0.15) is 0 Å². The third-order valence-corrected chi connectivity index (χ3v) is 9.41. The van der Waals surface area contributed by atoms with Gasteiger partial charge in [0.15, 0.2) is 5.78 Å². The van der Waals surface area contributed by atoms with E-state index in [1.54, 1.807) is 6.08 Å². The number of ketones is 1. The average Bonchev–Trinajstić information content (AvgIpc) is 3.72. The number of carbonyl (C=O) groups excluding carboxylic acids is 2. The number of fused-ring (bicyclic) bond motifs is 8. The second-order valence-corrected chi connectivity index (χ2v) is 11.7. The van der Waals surface area contributed by atoms with E-state index in [-0.39, 0.29) is 47.5 Å². The Labute approximate surface area is 271 Å². The molecule has 0 aromatic carbocycles. The van der Waals surface area contributed by atoms with Crippen molar-refractivity contribution in [1.82, 2.24) is 19.9 Å². The maximum absolute atomic E-state index is 14.0. The van der Waals surface area contributed by atoms with Crippen LogP contribution in [0.1, 0.15) is 113 Å². The predicted molar refractivity (Wildman–Crippen MR) is 168 cm³/mol. The Balaban J connectivity index is 0.00000400. The number of nitrogens with zero attached hydrogens (tertiary/aromatic N) is 4. The van der Waals surface area contributed by atoms with Gasteiger partial charge in [0.05, 0.1) is 18.5 Å². The summed E-state index contributed by atoms with van der Waals surface area (Å²) < 4.78 is 5.11. The monoisotopic (exact) mass is 646 g/mol. The molecule has 0 amide bonds. The molecular formula is C35H34FeN4O5. The number of aliphatic carboxylic acids is 1. The minimum Gasteiger partial charge on any atom is -0.657 e. The van der Waals surface area contributed by atoms with E-state index < -0.39 is 17.9 Å². The van der Waals surface area contributed by atoms with Crippen molar-refractivity contribution in [3.8, 4) is 0 Å². The molecule has 232 valence electrons. The second-order valence-electron chi connectivity index (χ2n) is 11.7. The molecule has 3 aromatic heterocycles. The molecule has 0 fully saturated rings. The van der Waals surface area contributed by atoms with E-state index >= 15 is 0 Å². The number of hydrogen-bond acceptors (Lipinski definition) is 6. The zero-order valence-corrected chi connectivity index (χ0v) is 27.2. The Morgan fingerprint density at radius 2 is 1.73 bits per heavy atom. The molecule has 6 rings (SSSR count). The molecule has 0 spiro atoms. The molecule has 0 unspecified atom stereocenters. The van der Waals surface area contributed by atoms with E-state index in [1.807, 2.05) is 45.9 Å². The van der Waals surface area contributed by atoms with E-state index in [1.165, 1.54) is 7.11 Å². The Morgan fingerprint density at radius 1 is 1.04 bits per heavy atom. The number of aryl methyl sites for hydroxylation is 2. The molecule has 3 aromatic rings. The second kappa shape index (κ2) is 11.9. The van der Waals surface area contributed by atoms with Gasteiger partial charge < -0.3 is 19.8 Å². The topological polar surface area (TPSA) is 135 Å². The van der Waals surface area contributed by atoms with Crippen LogP contribution in [0, 0.1) is 13.8 Å². The summed E-state index contributed by atoms with van der Waals surface area (Å²) in [5, 5.41) is 9.59. The first-order chi connectivity index (χ1) is 21.0. The number of ether oxygens (including phenoxy) is 1. The summed E-state index contributed by atoms with van der Waals surface area (Å²) in [5.41, 5.74) is 10.6. The largest absolute Gasteiger partial charge is 2.00 e. The van der Waals surface area contributed by atoms with Crippen molar-refractivity contribution in [2.24, 2.45) is 0 Å². The quantitative estimate of drug-likeness (QED) is 0.184. The van der Waals surface area contributed by atoms with Crippen LogP contribution in [0.4, 0.5) is 0 Å². The van der Waals surface area contributed by atoms with Crippen LogP contribution >= 0.6 is 0 Å². The number of allylic oxidation sites excluding steroid dienone is 2. The summed E-state index contributed by atoms with van der Waals surface area (Å²) >= 11 is 0. The number of rotatable bonds is 6. The van der Waals surface area contributed by atoms with Gasteiger partial charge in [0.25, 0.3) is 0 Å². The maximum atomic E-state index is 14.0. The molecule has 10 heteroatoms. The number of carbonyl (C=O) groups is 3. The van der Waals surface area contributed by atoms with E-state index in [2.05, 4.69) is 13.5 Å². The Kier molecular flexibility index (Phi) is 8.51. The van der Waals surface area contributed by atoms with Gasteiger partial charge in [0, 0.05) is 35.2 Å². The first kappa shape index (κ1) is 32.1. The van der Waals surface area contributed by atoms with Crippen LogP contribution in [0.25, 0.3) is 39.3 Å². The number of Topliss-reactive ketones (excluding diaryl/α,β-unsaturated/α-hetero) is 1. The van der Waals surface area contributed by atoms with Crippen molar-refractivity contribution >= 4 is 57.0 Å². The standard InChI is InChI=1S/C35H36N4O5.Fe/c1-8-19-15(3)22-12-24-17(5)21(10-11-28(40)41)32(38-24)30-31(35(43)44-7)34(42)29-18(6)25(39-33(29)30)14-27-20(9-2)16(4)23(37-27)13-26(19)36-22;/h8,12-14,17,21,31H,1,9-11H2,2-7H3,(H3,36,37,38,39,40,41,42);/q;+2/p-2/t17-,21-,31+;/m0./s1. The van der Waals surface area contributed by atoms with E-state index in [0.717, 1.165) is 51.1 Å². The number of aromatic nitrogens is 4. The average molecular weight is 647 g/mol. The Morgan fingerprint density at radius 3 is 2.38 bits per heavy atom. The zero-order valence-electron chi connectivity index (χ0n) is 26.1. The molecule has 3 atom stereocenters. The molecule has 3 aliphatic rings. The first-order valence-corrected chi connectivity index (χ1v) is 14.8. The van der Waals surface area contributed by atoms with Gasteiger partial charge in [0.2, 0.25) is 0 Å². The van der Waals surface area contributed by atoms with Crippen molar-refractivity contribution in [3.05, 3.63) is 75.4 Å². The number of carboxylic acids is 1. The fourth-order valence-corrected chi connectivity index (χ4v) is 6.93. The summed E-state index contributed by atoms with van der Waals surface area (Å²) in [6.07, 6.45) is 2.72. The van der Waals surface area contributed by atoms with Crippen molar-refractivity contribution in [2.45, 2.75) is 71.6 Å². The van der Waals surface area contributed by atoms with Crippen molar-refractivity contribution in [2.75, 3.05) is 7.11 Å². The van der Waals surface area contributed by atoms with Crippen LogP contribution in [0.5, 0.6) is 0 Å². The van der Waals surface area contributed by atoms with Crippen molar-refractivity contribution in [3.63, 3.8) is 0 Å². The first-order valence-electron chi connectivity index (χ1n) is 14.8. The fraction of sp³-hybridized carbons (Fsp3) is 0.343. The van der Waals surface area contributed by atoms with Crippen LogP contribution in [0.15, 0.2) is 24.8 Å². The maximum Gasteiger partial charge on any atom is 2.00 e. The molecular weight excluding hydrogens is 612 g/mol. The summed E-state index contributed by atoms with van der Waals surface area (Å²) in [6, 6.07) is 5.80. The van der Waals surface area contributed by atoms with Crippen LogP contribution < -0.4 is 9.97 Å². The Bertz CT molecular complexity index is 2000. The zero-order chi connectivity index (χ0) is 31.6. The van der Waals surface area contributed by atoms with Gasteiger partial charge in [-0.25, -0.2) is 4.98 Å². The van der Waals surface area contributed by atoms with Gasteiger partial charge in [-0.1, -0.05) is 55.8 Å². The van der Waals surface area contributed by atoms with Gasteiger partial charge in [0.1, 0.15) is 5.92 Å². The van der Waals surface area contributed by atoms with E-state index in [9.17, 15) is 19.5 Å². The Hall–Kier alpha value is -4.27. The molecule has 2 aliphatic heterocycles. The minimum absolute atomic E-state index is 0. The van der Waals surface area contributed by atoms with Gasteiger partial charge in [-0.3, -0.25) is 19.4 Å². The molecule has 45 heavy (non-hydrogen) atoms. The van der Waals surface area contributed by atoms with Crippen molar-refractivity contribution < 1.29 is 41.3 Å². The minimum atomic E-state index is -1.23. The van der Waals surface area contributed by atoms with Gasteiger partial charge in [-0.05, 0) is 55.9 Å². The molecule has 1 aliphatic carbocycles. The summed E-state index contributed by atoms with van der Waals surface area (Å²) in [7, 11) is 1.25. The van der Waals surface area contributed by atoms with Crippen LogP contribution in [-0.4, -0.2) is 39.9 Å². The molecule has 0 saturated heterocycles. The third-order valence-electron chi connectivity index (χ3n) is 9.41. The normalized spacial score (nSPS) is 18.6. The van der Waals surface area contributed by atoms with Gasteiger partial charge >= 0.3 is 29.0 Å². The van der Waals surface area contributed by atoms with Crippen LogP contribution in [-0.2, 0) is 31.4 Å². The van der Waals surface area contributed by atoms with Crippen molar-refractivity contribution in [1.29, 1.82) is 0 Å².